The molecule has 2 saturated heterocycles. The summed E-state index contributed by atoms with van der Waals surface area (Å²) in [7, 11) is 6.93. The molecule has 2 N–H and O–H groups in total. The van der Waals surface area contributed by atoms with Crippen LogP contribution >= 0.6 is 11.8 Å². The maximum atomic E-state index is 12.9. The van der Waals surface area contributed by atoms with Crippen molar-refractivity contribution in [2.45, 2.75) is 28.8 Å². The molecule has 2 aliphatic rings. The summed E-state index contributed by atoms with van der Waals surface area (Å²) in [4.78, 5) is 30.4. The molecule has 248 valence electrons. The summed E-state index contributed by atoms with van der Waals surface area (Å²) in [6.45, 7) is 0.192. The van der Waals surface area contributed by atoms with E-state index < -0.39 is 34.3 Å². The molecule has 0 radical (unpaired) electrons. The molecule has 3 aromatic carbocycles. The second kappa shape index (κ2) is 12.7. The zero-order valence-corrected chi connectivity index (χ0v) is 27.8. The van der Waals surface area contributed by atoms with Crippen LogP contribution in [0.25, 0.3) is 11.2 Å². The number of methoxy groups -OCH3 is 2. The van der Waals surface area contributed by atoms with Crippen molar-refractivity contribution in [1.29, 1.82) is 0 Å². The van der Waals surface area contributed by atoms with Gasteiger partial charge in [0.2, 0.25) is 5.95 Å². The Bertz CT molecular complexity index is 1930. The molecule has 2 fully saturated rings. The molecule has 48 heavy (non-hydrogen) atoms. The first-order chi connectivity index (χ1) is 23.3. The maximum absolute atomic E-state index is 12.9. The average Bonchev–Trinajstić information content (AvgIpc) is 3.77. The van der Waals surface area contributed by atoms with Crippen LogP contribution in [0.2, 0.25) is 0 Å². The number of H-pyrrole nitrogens is 1. The number of aliphatic hydroxyl groups is 1. The van der Waals surface area contributed by atoms with Gasteiger partial charge in [-0.25, -0.2) is 9.98 Å². The summed E-state index contributed by atoms with van der Waals surface area (Å²) >= 11 is 1.66. The second-order valence-electron chi connectivity index (χ2n) is 12.0. The van der Waals surface area contributed by atoms with Crippen molar-refractivity contribution in [3.05, 3.63) is 112 Å². The van der Waals surface area contributed by atoms with E-state index in [9.17, 15) is 9.90 Å². The molecule has 13 heteroatoms. The SMILES string of the molecule is COc1ccc(C(SCC23COC(C(n4cnc5c(=O)[nH]c(N=CN(C)C)nc54)O2)C3O)(c2ccccc2)c2ccc(OC)cc2)cc1. The van der Waals surface area contributed by atoms with E-state index in [1.54, 1.807) is 41.8 Å². The molecule has 4 heterocycles. The van der Waals surface area contributed by atoms with Gasteiger partial charge in [0.25, 0.3) is 5.56 Å². The molecule has 12 nitrogen and oxygen atoms in total. The highest BCUT2D eigenvalue weighted by Gasteiger charge is 2.62. The van der Waals surface area contributed by atoms with E-state index in [1.165, 1.54) is 6.33 Å². The number of nitrogens with zero attached hydrogens (tertiary/aromatic N) is 5. The van der Waals surface area contributed by atoms with Gasteiger partial charge in [-0.15, -0.1) is 11.8 Å². The van der Waals surface area contributed by atoms with Crippen molar-refractivity contribution in [2.24, 2.45) is 4.99 Å². The Kier molecular flexibility index (Phi) is 8.46. The number of hydrogen-bond donors (Lipinski definition) is 2. The molecule has 0 spiro atoms. The van der Waals surface area contributed by atoms with E-state index in [4.69, 9.17) is 18.9 Å². The van der Waals surface area contributed by atoms with Gasteiger partial charge in [-0.2, -0.15) is 4.98 Å². The minimum Gasteiger partial charge on any atom is -0.497 e. The van der Waals surface area contributed by atoms with E-state index in [-0.39, 0.29) is 23.7 Å². The molecule has 5 aromatic rings. The Morgan fingerprint density at radius 1 is 1.04 bits per heavy atom. The van der Waals surface area contributed by atoms with Crippen molar-refractivity contribution in [3.8, 4) is 11.5 Å². The summed E-state index contributed by atoms with van der Waals surface area (Å²) < 4.78 is 24.9. The van der Waals surface area contributed by atoms with Gasteiger partial charge in [0.1, 0.15) is 29.3 Å². The quantitative estimate of drug-likeness (QED) is 0.120. The lowest BCUT2D eigenvalue weighted by atomic mass is 9.84. The lowest BCUT2D eigenvalue weighted by Crippen LogP contribution is -2.44. The van der Waals surface area contributed by atoms with E-state index in [2.05, 4.69) is 56.3 Å². The van der Waals surface area contributed by atoms with Crippen LogP contribution in [0.3, 0.4) is 0 Å². The molecular weight excluding hydrogens is 632 g/mol. The first-order valence-electron chi connectivity index (χ1n) is 15.4. The summed E-state index contributed by atoms with van der Waals surface area (Å²) in [6.07, 6.45) is 0.611. The number of nitrogens with one attached hydrogen (secondary N) is 1. The number of aliphatic hydroxyl groups excluding tert-OH is 1. The Labute approximate surface area is 281 Å². The van der Waals surface area contributed by atoms with Gasteiger partial charge in [0, 0.05) is 19.8 Å². The molecule has 7 rings (SSSR count). The van der Waals surface area contributed by atoms with Gasteiger partial charge in [0.05, 0.1) is 38.2 Å². The summed E-state index contributed by atoms with van der Waals surface area (Å²) in [5, 5.41) is 11.8. The number of imidazole rings is 1. The van der Waals surface area contributed by atoms with Gasteiger partial charge >= 0.3 is 0 Å². The molecule has 2 aliphatic heterocycles. The Morgan fingerprint density at radius 3 is 2.27 bits per heavy atom. The van der Waals surface area contributed by atoms with E-state index in [0.717, 1.165) is 28.2 Å². The number of ether oxygens (including phenoxy) is 4. The second-order valence-corrected chi connectivity index (χ2v) is 13.2. The number of aliphatic imine (C=N–C) groups is 1. The van der Waals surface area contributed by atoms with Crippen molar-refractivity contribution in [2.75, 3.05) is 40.7 Å². The highest BCUT2D eigenvalue weighted by molar-refractivity contribution is 8.00. The maximum Gasteiger partial charge on any atom is 0.280 e. The minimum atomic E-state index is -1.07. The smallest absolute Gasteiger partial charge is 0.280 e. The van der Waals surface area contributed by atoms with Crippen molar-refractivity contribution in [3.63, 3.8) is 0 Å². The standard InChI is InChI=1S/C35H36N6O6S/c1-40(2)20-37-33-38-30-27(31(43)39-33)36-21-41(30)32-28-29(42)34(47-32,18-46-28)19-48-35(22-8-6-5-7-9-22,23-10-14-25(44-3)15-11-23)24-12-16-26(45-4)17-13-24/h5-17,20-21,28-29,32,42H,18-19H2,1-4H3,(H,38,39,43). The Hall–Kier alpha value is -4.69. The third kappa shape index (κ3) is 5.42. The average molecular weight is 669 g/mol. The monoisotopic (exact) mass is 668 g/mol. The summed E-state index contributed by atoms with van der Waals surface area (Å²) in [5.74, 6) is 2.00. The Morgan fingerprint density at radius 2 is 1.67 bits per heavy atom. The van der Waals surface area contributed by atoms with Crippen molar-refractivity contribution in [1.82, 2.24) is 24.4 Å². The van der Waals surface area contributed by atoms with Gasteiger partial charge < -0.3 is 29.0 Å². The van der Waals surface area contributed by atoms with Crippen molar-refractivity contribution < 1.29 is 24.1 Å². The van der Waals surface area contributed by atoms with Crippen LogP contribution in [0, 0.1) is 0 Å². The number of thioether (sulfide) groups is 1. The Balaban J connectivity index is 1.28. The largest absolute Gasteiger partial charge is 0.497 e. The topological polar surface area (TPSA) is 136 Å². The van der Waals surface area contributed by atoms with E-state index in [1.807, 2.05) is 56.6 Å². The van der Waals surface area contributed by atoms with Crippen LogP contribution in [-0.4, -0.2) is 94.3 Å². The number of benzene rings is 3. The van der Waals surface area contributed by atoms with Crippen LogP contribution in [-0.2, 0) is 14.2 Å². The fourth-order valence-corrected chi connectivity index (χ4v) is 8.07. The third-order valence-corrected chi connectivity index (χ3v) is 10.6. The molecule has 2 aromatic heterocycles. The van der Waals surface area contributed by atoms with Gasteiger partial charge in [0.15, 0.2) is 17.4 Å². The molecule has 0 saturated carbocycles. The first kappa shape index (κ1) is 31.9. The van der Waals surface area contributed by atoms with Crippen LogP contribution in [0.4, 0.5) is 5.95 Å². The molecule has 0 aliphatic carbocycles. The fourth-order valence-electron chi connectivity index (χ4n) is 6.38. The number of hydrogen-bond acceptors (Lipinski definition) is 10. The van der Waals surface area contributed by atoms with Crippen LogP contribution < -0.4 is 15.0 Å². The zero-order chi connectivity index (χ0) is 33.5. The summed E-state index contributed by atoms with van der Waals surface area (Å²) in [6, 6.07) is 26.4. The highest BCUT2D eigenvalue weighted by atomic mass is 32.2. The number of aromatic amines is 1. The molecule has 2 bridgehead atoms. The fraction of sp³-hybridized carbons (Fsp3) is 0.314. The molecular formula is C35H36N6O6S. The van der Waals surface area contributed by atoms with Crippen molar-refractivity contribution >= 4 is 35.2 Å². The minimum absolute atomic E-state index is 0.129. The molecule has 0 amide bonds. The molecule has 4 atom stereocenters. The molecule has 4 unspecified atom stereocenters. The van der Waals surface area contributed by atoms with E-state index in [0.29, 0.717) is 5.75 Å². The number of fused-ring (bicyclic) bond motifs is 3. The third-order valence-electron chi connectivity index (χ3n) is 8.82. The van der Waals surface area contributed by atoms with Crippen LogP contribution in [0.15, 0.2) is 95.0 Å². The predicted octanol–water partition coefficient (Wildman–Crippen LogP) is 4.11. The zero-order valence-electron chi connectivity index (χ0n) is 26.9. The summed E-state index contributed by atoms with van der Waals surface area (Å²) in [5.41, 5.74) is 2.04. The lowest BCUT2D eigenvalue weighted by molar-refractivity contribution is -0.162. The predicted molar refractivity (Wildman–Crippen MR) is 183 cm³/mol. The van der Waals surface area contributed by atoms with E-state index >= 15 is 0 Å². The van der Waals surface area contributed by atoms with Gasteiger partial charge in [-0.1, -0.05) is 54.6 Å². The van der Waals surface area contributed by atoms with Crippen LogP contribution in [0.1, 0.15) is 22.9 Å². The number of aromatic nitrogens is 4. The van der Waals surface area contributed by atoms with Crippen LogP contribution in [0.5, 0.6) is 11.5 Å². The first-order valence-corrected chi connectivity index (χ1v) is 16.4. The highest BCUT2D eigenvalue weighted by Crippen LogP contribution is 2.54. The number of rotatable bonds is 11. The lowest BCUT2D eigenvalue weighted by Gasteiger charge is -2.39. The van der Waals surface area contributed by atoms with Gasteiger partial charge in [-0.3, -0.25) is 14.3 Å². The normalized spacial score (nSPS) is 22.1. The van der Waals surface area contributed by atoms with Gasteiger partial charge in [-0.05, 0) is 41.0 Å².